The van der Waals surface area contributed by atoms with Crippen molar-refractivity contribution in [1.82, 2.24) is 9.80 Å². The topological polar surface area (TPSA) is 53.0 Å². The summed E-state index contributed by atoms with van der Waals surface area (Å²) in [6.07, 6.45) is 2.31. The molecule has 0 radical (unpaired) electrons. The molecule has 2 aromatic carbocycles. The molecular formula is C24H29FN2O3. The Hall–Kier alpha value is -2.28. The van der Waals surface area contributed by atoms with Gasteiger partial charge in [-0.05, 0) is 54.8 Å². The quantitative estimate of drug-likeness (QED) is 0.740. The van der Waals surface area contributed by atoms with Gasteiger partial charge in [-0.1, -0.05) is 24.3 Å². The molecule has 0 amide bonds. The van der Waals surface area contributed by atoms with Crippen molar-refractivity contribution in [3.8, 4) is 5.75 Å². The first-order valence-corrected chi connectivity index (χ1v) is 10.6. The van der Waals surface area contributed by atoms with Crippen LogP contribution in [0.15, 0.2) is 48.5 Å². The first kappa shape index (κ1) is 21.0. The van der Waals surface area contributed by atoms with Crippen molar-refractivity contribution in [2.75, 3.05) is 26.7 Å². The highest BCUT2D eigenvalue weighted by Crippen LogP contribution is 2.33. The number of halogens is 1. The summed E-state index contributed by atoms with van der Waals surface area (Å²) < 4.78 is 18.4. The van der Waals surface area contributed by atoms with Crippen LogP contribution in [0, 0.1) is 5.82 Å². The number of carbonyl (C=O) groups is 1. The first-order valence-electron chi connectivity index (χ1n) is 10.6. The summed E-state index contributed by atoms with van der Waals surface area (Å²) in [7, 11) is 1.65. The van der Waals surface area contributed by atoms with Gasteiger partial charge in [-0.25, -0.2) is 4.39 Å². The van der Waals surface area contributed by atoms with Gasteiger partial charge in [-0.2, -0.15) is 0 Å². The largest absolute Gasteiger partial charge is 0.497 e. The van der Waals surface area contributed by atoms with Gasteiger partial charge in [0.2, 0.25) is 0 Å². The van der Waals surface area contributed by atoms with Crippen LogP contribution in [0.2, 0.25) is 0 Å². The maximum atomic E-state index is 13.2. The molecule has 4 atom stereocenters. The lowest BCUT2D eigenvalue weighted by Gasteiger charge is -2.41. The highest BCUT2D eigenvalue weighted by molar-refractivity contribution is 5.60. The Kier molecular flexibility index (Phi) is 6.46. The molecule has 2 aromatic rings. The van der Waals surface area contributed by atoms with Crippen molar-refractivity contribution in [3.05, 3.63) is 65.5 Å². The van der Waals surface area contributed by atoms with E-state index in [9.17, 15) is 14.3 Å². The van der Waals surface area contributed by atoms with Gasteiger partial charge in [-0.3, -0.25) is 9.80 Å². The predicted octanol–water partition coefficient (Wildman–Crippen LogP) is 2.83. The normalized spacial score (nSPS) is 27.8. The van der Waals surface area contributed by atoms with E-state index in [0.717, 1.165) is 49.1 Å². The zero-order valence-corrected chi connectivity index (χ0v) is 17.3. The number of benzene rings is 2. The fraction of sp³-hybridized carbons (Fsp3) is 0.458. The highest BCUT2D eigenvalue weighted by atomic mass is 19.1. The van der Waals surface area contributed by atoms with Crippen molar-refractivity contribution in [1.29, 1.82) is 0 Å². The molecule has 2 aliphatic heterocycles. The molecule has 4 rings (SSSR count). The molecule has 0 spiro atoms. The number of β-amino-alcohol motifs (C(OH)–C–C–N with tert-alkyl or cyclic N) is 1. The van der Waals surface area contributed by atoms with E-state index in [1.165, 1.54) is 12.1 Å². The van der Waals surface area contributed by atoms with E-state index in [0.29, 0.717) is 13.1 Å². The zero-order chi connectivity index (χ0) is 21.1. The maximum absolute atomic E-state index is 13.2. The molecule has 0 aromatic heterocycles. The molecule has 2 saturated heterocycles. The van der Waals surface area contributed by atoms with Crippen LogP contribution in [0.5, 0.6) is 5.75 Å². The van der Waals surface area contributed by atoms with Gasteiger partial charge in [0.15, 0.2) is 0 Å². The van der Waals surface area contributed by atoms with E-state index in [4.69, 9.17) is 4.74 Å². The summed E-state index contributed by atoms with van der Waals surface area (Å²) >= 11 is 0. The second-order valence-corrected chi connectivity index (χ2v) is 8.31. The average molecular weight is 413 g/mol. The Morgan fingerprint density at radius 2 is 1.83 bits per heavy atom. The van der Waals surface area contributed by atoms with Crippen molar-refractivity contribution >= 4 is 6.29 Å². The summed E-state index contributed by atoms with van der Waals surface area (Å²) in [5, 5.41) is 10.9. The molecule has 5 nitrogen and oxygen atoms in total. The number of ether oxygens (including phenoxy) is 1. The smallest absolute Gasteiger partial charge is 0.138 e. The van der Waals surface area contributed by atoms with E-state index >= 15 is 0 Å². The summed E-state index contributed by atoms with van der Waals surface area (Å²) in [6.45, 7) is 2.87. The average Bonchev–Trinajstić information content (AvgIpc) is 3.18. The molecule has 0 aliphatic carbocycles. The molecule has 0 bridgehead atoms. The lowest BCUT2D eigenvalue weighted by Crippen LogP contribution is -2.52. The molecule has 2 aliphatic rings. The number of methoxy groups -OCH3 is 1. The Morgan fingerprint density at radius 1 is 1.10 bits per heavy atom. The number of rotatable bonds is 6. The summed E-state index contributed by atoms with van der Waals surface area (Å²) in [6, 6.07) is 14.3. The van der Waals surface area contributed by atoms with Gasteiger partial charge in [0.05, 0.1) is 19.3 Å². The molecule has 2 heterocycles. The Balaban J connectivity index is 1.39. The number of likely N-dealkylation sites (tertiary alicyclic amines) is 2. The lowest BCUT2D eigenvalue weighted by molar-refractivity contribution is -0.113. The number of hydrogen-bond donors (Lipinski definition) is 1. The summed E-state index contributed by atoms with van der Waals surface area (Å²) in [5.41, 5.74) is 2.13. The SMILES string of the molecule is COc1ccc(C2CCN(C3CCN(Cc4ccc(F)cc4)C3C=O)CC2O)cc1. The van der Waals surface area contributed by atoms with Crippen molar-refractivity contribution in [2.45, 2.75) is 43.5 Å². The first-order chi connectivity index (χ1) is 14.6. The number of aliphatic hydroxyl groups is 1. The summed E-state index contributed by atoms with van der Waals surface area (Å²) in [4.78, 5) is 16.4. The highest BCUT2D eigenvalue weighted by Gasteiger charge is 2.40. The third-order valence-electron chi connectivity index (χ3n) is 6.59. The third-order valence-corrected chi connectivity index (χ3v) is 6.59. The van der Waals surface area contributed by atoms with Crippen LogP contribution in [0.1, 0.15) is 29.9 Å². The van der Waals surface area contributed by atoms with Crippen LogP contribution in [0.4, 0.5) is 4.39 Å². The minimum Gasteiger partial charge on any atom is -0.497 e. The number of piperidine rings is 1. The maximum Gasteiger partial charge on any atom is 0.138 e. The van der Waals surface area contributed by atoms with E-state index in [-0.39, 0.29) is 23.8 Å². The molecular weight excluding hydrogens is 383 g/mol. The van der Waals surface area contributed by atoms with E-state index in [2.05, 4.69) is 9.80 Å². The van der Waals surface area contributed by atoms with Crippen LogP contribution in [-0.2, 0) is 11.3 Å². The molecule has 1 N–H and O–H groups in total. The zero-order valence-electron chi connectivity index (χ0n) is 17.3. The predicted molar refractivity (Wildman–Crippen MR) is 113 cm³/mol. The lowest BCUT2D eigenvalue weighted by atomic mass is 9.86. The Morgan fingerprint density at radius 3 is 2.47 bits per heavy atom. The van der Waals surface area contributed by atoms with Crippen molar-refractivity contribution in [2.24, 2.45) is 0 Å². The van der Waals surface area contributed by atoms with Crippen LogP contribution in [0.3, 0.4) is 0 Å². The standard InChI is InChI=1S/C24H29FN2O3/c1-30-20-8-4-18(5-9-20)21-10-12-27(15-24(21)29)22-11-13-26(23(22)16-28)14-17-2-6-19(25)7-3-17/h2-9,16,21-24,29H,10-15H2,1H3. The van der Waals surface area contributed by atoms with E-state index in [1.54, 1.807) is 19.2 Å². The minimum atomic E-state index is -0.467. The van der Waals surface area contributed by atoms with Gasteiger partial charge < -0.3 is 14.6 Å². The molecule has 4 unspecified atom stereocenters. The summed E-state index contributed by atoms with van der Waals surface area (Å²) in [5.74, 6) is 0.656. The molecule has 160 valence electrons. The number of nitrogens with zero attached hydrogens (tertiary/aromatic N) is 2. The monoisotopic (exact) mass is 412 g/mol. The molecule has 0 saturated carbocycles. The van der Waals surface area contributed by atoms with Crippen LogP contribution in [-0.4, -0.2) is 66.1 Å². The van der Waals surface area contributed by atoms with Crippen LogP contribution < -0.4 is 4.74 Å². The third kappa shape index (κ3) is 4.41. The van der Waals surface area contributed by atoms with Crippen LogP contribution in [0.25, 0.3) is 0 Å². The minimum absolute atomic E-state index is 0.0959. The fourth-order valence-electron chi connectivity index (χ4n) is 4.94. The van der Waals surface area contributed by atoms with E-state index < -0.39 is 6.10 Å². The molecule has 30 heavy (non-hydrogen) atoms. The van der Waals surface area contributed by atoms with Gasteiger partial charge in [-0.15, -0.1) is 0 Å². The van der Waals surface area contributed by atoms with E-state index in [1.807, 2.05) is 24.3 Å². The number of aliphatic hydroxyl groups excluding tert-OH is 1. The van der Waals surface area contributed by atoms with Gasteiger partial charge in [0.25, 0.3) is 0 Å². The number of carbonyl (C=O) groups excluding carboxylic acids is 1. The van der Waals surface area contributed by atoms with Gasteiger partial charge in [0.1, 0.15) is 17.9 Å². The Bertz CT molecular complexity index is 843. The van der Waals surface area contributed by atoms with Gasteiger partial charge in [0, 0.05) is 31.6 Å². The number of aldehydes is 1. The Labute approximate surface area is 177 Å². The van der Waals surface area contributed by atoms with Gasteiger partial charge >= 0.3 is 0 Å². The molecule has 6 heteroatoms. The van der Waals surface area contributed by atoms with Crippen molar-refractivity contribution < 1.29 is 19.0 Å². The van der Waals surface area contributed by atoms with Crippen molar-refractivity contribution in [3.63, 3.8) is 0 Å². The molecule has 2 fully saturated rings. The second kappa shape index (κ2) is 9.25. The van der Waals surface area contributed by atoms with Crippen LogP contribution >= 0.6 is 0 Å². The number of hydrogen-bond acceptors (Lipinski definition) is 5. The second-order valence-electron chi connectivity index (χ2n) is 8.31. The fourth-order valence-corrected chi connectivity index (χ4v) is 4.94.